The second-order valence-electron chi connectivity index (χ2n) is 5.15. The average molecular weight is 267 g/mol. The number of rotatable bonds is 4. The Hall–Kier alpha value is -0.870. The predicted molar refractivity (Wildman–Crippen MR) is 73.8 cm³/mol. The summed E-state index contributed by atoms with van der Waals surface area (Å²) in [6.07, 6.45) is 2.44. The number of likely N-dealkylation sites (tertiary alicyclic amines) is 1. The van der Waals surface area contributed by atoms with Crippen LogP contribution in [0.15, 0.2) is 17.5 Å². The Labute approximate surface area is 112 Å². The van der Waals surface area contributed by atoms with Gasteiger partial charge in [0.25, 0.3) is 0 Å². The van der Waals surface area contributed by atoms with Crippen molar-refractivity contribution in [2.45, 2.75) is 51.2 Å². The number of hydrogen-bond acceptors (Lipinski definition) is 3. The molecule has 100 valence electrons. The summed E-state index contributed by atoms with van der Waals surface area (Å²) in [6, 6.07) is 4.23. The van der Waals surface area contributed by atoms with Gasteiger partial charge < -0.3 is 10.0 Å². The minimum absolute atomic E-state index is 0.0559. The highest BCUT2D eigenvalue weighted by Crippen LogP contribution is 2.28. The Morgan fingerprint density at radius 3 is 3.00 bits per heavy atom. The SMILES string of the molecule is CC(O)CC1CCCN1C(=O)C(C)c1cccs1. The first-order chi connectivity index (χ1) is 8.59. The fourth-order valence-corrected chi connectivity index (χ4v) is 3.45. The molecule has 0 radical (unpaired) electrons. The van der Waals surface area contributed by atoms with Gasteiger partial charge in [-0.1, -0.05) is 6.07 Å². The molecule has 0 aliphatic carbocycles. The molecule has 18 heavy (non-hydrogen) atoms. The van der Waals surface area contributed by atoms with Crippen LogP contribution in [0.3, 0.4) is 0 Å². The topological polar surface area (TPSA) is 40.5 Å². The summed E-state index contributed by atoms with van der Waals surface area (Å²) in [6.45, 7) is 4.61. The van der Waals surface area contributed by atoms with Crippen LogP contribution >= 0.6 is 11.3 Å². The summed E-state index contributed by atoms with van der Waals surface area (Å²) in [5.74, 6) is 0.153. The summed E-state index contributed by atoms with van der Waals surface area (Å²) in [5.41, 5.74) is 0. The van der Waals surface area contributed by atoms with Crippen molar-refractivity contribution in [2.24, 2.45) is 0 Å². The van der Waals surface area contributed by atoms with Gasteiger partial charge in [0, 0.05) is 17.5 Å². The van der Waals surface area contributed by atoms with Crippen LogP contribution in [-0.2, 0) is 4.79 Å². The van der Waals surface area contributed by atoms with Gasteiger partial charge in [-0.25, -0.2) is 0 Å². The molecule has 4 heteroatoms. The lowest BCUT2D eigenvalue weighted by Gasteiger charge is -2.28. The molecule has 2 heterocycles. The molecule has 0 spiro atoms. The lowest BCUT2D eigenvalue weighted by Crippen LogP contribution is -2.39. The molecule has 1 saturated heterocycles. The number of aliphatic hydroxyl groups excluding tert-OH is 1. The first-order valence-electron chi connectivity index (χ1n) is 6.61. The van der Waals surface area contributed by atoms with E-state index in [1.54, 1.807) is 18.3 Å². The van der Waals surface area contributed by atoms with Gasteiger partial charge in [0.2, 0.25) is 5.91 Å². The lowest BCUT2D eigenvalue weighted by atomic mass is 10.0. The average Bonchev–Trinajstić information content (AvgIpc) is 2.96. The van der Waals surface area contributed by atoms with E-state index in [-0.39, 0.29) is 24.0 Å². The van der Waals surface area contributed by atoms with Gasteiger partial charge in [0.15, 0.2) is 0 Å². The van der Waals surface area contributed by atoms with E-state index in [9.17, 15) is 9.90 Å². The molecule has 1 amide bonds. The number of carbonyl (C=O) groups is 1. The Morgan fingerprint density at radius 2 is 2.39 bits per heavy atom. The van der Waals surface area contributed by atoms with Crippen LogP contribution in [-0.4, -0.2) is 34.6 Å². The summed E-state index contributed by atoms with van der Waals surface area (Å²) < 4.78 is 0. The molecule has 0 aromatic carbocycles. The maximum absolute atomic E-state index is 12.5. The molecular formula is C14H21NO2S. The molecule has 0 bridgehead atoms. The van der Waals surface area contributed by atoms with E-state index in [1.807, 2.05) is 29.3 Å². The van der Waals surface area contributed by atoms with Crippen molar-refractivity contribution in [3.8, 4) is 0 Å². The van der Waals surface area contributed by atoms with E-state index < -0.39 is 0 Å². The van der Waals surface area contributed by atoms with Gasteiger partial charge >= 0.3 is 0 Å². The van der Waals surface area contributed by atoms with Gasteiger partial charge in [0.1, 0.15) is 0 Å². The third-order valence-corrected chi connectivity index (χ3v) is 4.67. The van der Waals surface area contributed by atoms with Crippen LogP contribution in [0, 0.1) is 0 Å². The molecule has 3 nitrogen and oxygen atoms in total. The van der Waals surface area contributed by atoms with Gasteiger partial charge in [-0.15, -0.1) is 11.3 Å². The summed E-state index contributed by atoms with van der Waals surface area (Å²) in [4.78, 5) is 15.6. The van der Waals surface area contributed by atoms with Crippen LogP contribution in [0.4, 0.5) is 0 Å². The van der Waals surface area contributed by atoms with Crippen molar-refractivity contribution in [3.63, 3.8) is 0 Å². The molecule has 1 aliphatic rings. The number of amides is 1. The van der Waals surface area contributed by atoms with E-state index in [0.717, 1.165) is 24.3 Å². The highest BCUT2D eigenvalue weighted by Gasteiger charge is 2.32. The molecule has 0 saturated carbocycles. The standard InChI is InChI=1S/C14H21NO2S/c1-10(16)9-12-5-3-7-15(12)14(17)11(2)13-6-4-8-18-13/h4,6,8,10-12,16H,3,5,7,9H2,1-2H3. The monoisotopic (exact) mass is 267 g/mol. The third kappa shape index (κ3) is 2.93. The molecule has 1 fully saturated rings. The number of nitrogens with zero attached hydrogens (tertiary/aromatic N) is 1. The van der Waals surface area contributed by atoms with Gasteiger partial charge in [-0.2, -0.15) is 0 Å². The second kappa shape index (κ2) is 5.85. The number of hydrogen-bond donors (Lipinski definition) is 1. The zero-order chi connectivity index (χ0) is 13.1. The molecule has 1 aliphatic heterocycles. The zero-order valence-corrected chi connectivity index (χ0v) is 11.8. The highest BCUT2D eigenvalue weighted by atomic mass is 32.1. The fourth-order valence-electron chi connectivity index (χ4n) is 2.67. The van der Waals surface area contributed by atoms with Gasteiger partial charge in [-0.05, 0) is 44.6 Å². The smallest absolute Gasteiger partial charge is 0.230 e. The quantitative estimate of drug-likeness (QED) is 0.911. The largest absolute Gasteiger partial charge is 0.393 e. The maximum Gasteiger partial charge on any atom is 0.230 e. The Balaban J connectivity index is 2.03. The minimum atomic E-state index is -0.333. The summed E-state index contributed by atoms with van der Waals surface area (Å²) in [7, 11) is 0. The third-order valence-electron chi connectivity index (χ3n) is 3.61. The van der Waals surface area contributed by atoms with Crippen molar-refractivity contribution in [3.05, 3.63) is 22.4 Å². The summed E-state index contributed by atoms with van der Waals surface area (Å²) >= 11 is 1.64. The van der Waals surface area contributed by atoms with Crippen molar-refractivity contribution in [2.75, 3.05) is 6.54 Å². The van der Waals surface area contributed by atoms with Gasteiger partial charge in [-0.3, -0.25) is 4.79 Å². The van der Waals surface area contributed by atoms with E-state index in [4.69, 9.17) is 0 Å². The van der Waals surface area contributed by atoms with Crippen LogP contribution in [0.1, 0.15) is 43.9 Å². The molecular weight excluding hydrogens is 246 g/mol. The van der Waals surface area contributed by atoms with E-state index in [2.05, 4.69) is 0 Å². The second-order valence-corrected chi connectivity index (χ2v) is 6.13. The number of aliphatic hydroxyl groups is 1. The fraction of sp³-hybridized carbons (Fsp3) is 0.643. The van der Waals surface area contributed by atoms with Crippen LogP contribution in [0.2, 0.25) is 0 Å². The maximum atomic E-state index is 12.5. The highest BCUT2D eigenvalue weighted by molar-refractivity contribution is 7.10. The normalized spacial score (nSPS) is 23.1. The van der Waals surface area contributed by atoms with Crippen LogP contribution in [0.25, 0.3) is 0 Å². The van der Waals surface area contributed by atoms with Crippen molar-refractivity contribution in [1.82, 2.24) is 4.90 Å². The first kappa shape index (κ1) is 13.6. The van der Waals surface area contributed by atoms with Gasteiger partial charge in [0.05, 0.1) is 12.0 Å². The lowest BCUT2D eigenvalue weighted by molar-refractivity contribution is -0.133. The Bertz CT molecular complexity index is 389. The number of carbonyl (C=O) groups excluding carboxylic acids is 1. The van der Waals surface area contributed by atoms with Crippen LogP contribution in [0.5, 0.6) is 0 Å². The van der Waals surface area contributed by atoms with Crippen molar-refractivity contribution < 1.29 is 9.90 Å². The first-order valence-corrected chi connectivity index (χ1v) is 7.49. The number of thiophene rings is 1. The predicted octanol–water partition coefficient (Wildman–Crippen LogP) is 2.61. The molecule has 1 aromatic heterocycles. The van der Waals surface area contributed by atoms with E-state index in [1.165, 1.54) is 0 Å². The Kier molecular flexibility index (Phi) is 4.40. The van der Waals surface area contributed by atoms with Crippen molar-refractivity contribution >= 4 is 17.2 Å². The van der Waals surface area contributed by atoms with E-state index in [0.29, 0.717) is 6.42 Å². The molecule has 3 atom stereocenters. The van der Waals surface area contributed by atoms with Crippen molar-refractivity contribution in [1.29, 1.82) is 0 Å². The molecule has 2 rings (SSSR count). The summed E-state index contributed by atoms with van der Waals surface area (Å²) in [5, 5.41) is 11.5. The molecule has 1 aromatic rings. The Morgan fingerprint density at radius 1 is 1.61 bits per heavy atom. The zero-order valence-electron chi connectivity index (χ0n) is 11.0. The van der Waals surface area contributed by atoms with Crippen LogP contribution < -0.4 is 0 Å². The molecule has 3 unspecified atom stereocenters. The van der Waals surface area contributed by atoms with E-state index >= 15 is 0 Å². The molecule has 1 N–H and O–H groups in total. The minimum Gasteiger partial charge on any atom is -0.393 e.